The summed E-state index contributed by atoms with van der Waals surface area (Å²) in [5.41, 5.74) is -0.148. The van der Waals surface area contributed by atoms with E-state index in [0.717, 1.165) is 19.5 Å². The van der Waals surface area contributed by atoms with E-state index in [1.54, 1.807) is 0 Å². The number of rotatable bonds is 2. The molecule has 1 rings (SSSR count). The van der Waals surface area contributed by atoms with Crippen molar-refractivity contribution in [1.29, 1.82) is 0 Å². The minimum atomic E-state index is -0.148. The van der Waals surface area contributed by atoms with E-state index in [2.05, 4.69) is 5.32 Å². The van der Waals surface area contributed by atoms with Gasteiger partial charge in [-0.05, 0) is 31.8 Å². The standard InChI is InChI=1S/C11H21NO/c1-11(2,3)10(13)8-9-4-6-12-7-5-9/h9,12H,4-8H2,1-3H3. The first-order valence-corrected chi connectivity index (χ1v) is 5.24. The SMILES string of the molecule is CC(C)(C)C(=O)CC1CCNCC1. The zero-order valence-corrected chi connectivity index (χ0v) is 9.02. The molecule has 0 bridgehead atoms. The molecule has 0 radical (unpaired) electrons. The summed E-state index contributed by atoms with van der Waals surface area (Å²) in [6, 6.07) is 0. The number of carbonyl (C=O) groups excluding carboxylic acids is 1. The summed E-state index contributed by atoms with van der Waals surface area (Å²) in [6.07, 6.45) is 3.12. The van der Waals surface area contributed by atoms with E-state index in [9.17, 15) is 4.79 Å². The second kappa shape index (κ2) is 4.23. The summed E-state index contributed by atoms with van der Waals surface area (Å²) in [6.45, 7) is 8.20. The summed E-state index contributed by atoms with van der Waals surface area (Å²) in [4.78, 5) is 11.7. The first-order valence-electron chi connectivity index (χ1n) is 5.24. The summed E-state index contributed by atoms with van der Waals surface area (Å²) in [7, 11) is 0. The highest BCUT2D eigenvalue weighted by Crippen LogP contribution is 2.23. The molecule has 0 unspecified atom stereocenters. The lowest BCUT2D eigenvalue weighted by Crippen LogP contribution is -2.31. The Morgan fingerprint density at radius 3 is 2.31 bits per heavy atom. The number of hydrogen-bond donors (Lipinski definition) is 1. The van der Waals surface area contributed by atoms with Crippen molar-refractivity contribution in [2.45, 2.75) is 40.0 Å². The highest BCUT2D eigenvalue weighted by atomic mass is 16.1. The third-order valence-electron chi connectivity index (χ3n) is 2.77. The highest BCUT2D eigenvalue weighted by molar-refractivity contribution is 5.83. The van der Waals surface area contributed by atoms with Crippen LogP contribution in [0.25, 0.3) is 0 Å². The van der Waals surface area contributed by atoms with Crippen LogP contribution in [0.3, 0.4) is 0 Å². The first-order chi connectivity index (χ1) is 6.00. The van der Waals surface area contributed by atoms with Gasteiger partial charge in [0.1, 0.15) is 5.78 Å². The van der Waals surface area contributed by atoms with Gasteiger partial charge >= 0.3 is 0 Å². The van der Waals surface area contributed by atoms with Crippen molar-refractivity contribution < 1.29 is 4.79 Å². The Kier molecular flexibility index (Phi) is 3.48. The molecule has 0 spiro atoms. The number of nitrogens with one attached hydrogen (secondary N) is 1. The van der Waals surface area contributed by atoms with E-state index in [0.29, 0.717) is 11.7 Å². The van der Waals surface area contributed by atoms with Crippen molar-refractivity contribution >= 4 is 5.78 Å². The van der Waals surface area contributed by atoms with Gasteiger partial charge in [0.05, 0.1) is 0 Å². The van der Waals surface area contributed by atoms with Gasteiger partial charge < -0.3 is 5.32 Å². The molecule has 1 heterocycles. The molecule has 2 heteroatoms. The van der Waals surface area contributed by atoms with Crippen LogP contribution in [-0.4, -0.2) is 18.9 Å². The van der Waals surface area contributed by atoms with Gasteiger partial charge in [0.15, 0.2) is 0 Å². The molecule has 0 atom stereocenters. The van der Waals surface area contributed by atoms with Crippen molar-refractivity contribution in [2.24, 2.45) is 11.3 Å². The van der Waals surface area contributed by atoms with Crippen molar-refractivity contribution in [2.75, 3.05) is 13.1 Å². The van der Waals surface area contributed by atoms with Crippen molar-refractivity contribution in [1.82, 2.24) is 5.32 Å². The van der Waals surface area contributed by atoms with Gasteiger partial charge in [-0.1, -0.05) is 20.8 Å². The van der Waals surface area contributed by atoms with E-state index in [-0.39, 0.29) is 5.41 Å². The third kappa shape index (κ3) is 3.47. The van der Waals surface area contributed by atoms with Crippen LogP contribution in [0, 0.1) is 11.3 Å². The zero-order chi connectivity index (χ0) is 9.90. The Bertz CT molecular complexity index is 175. The highest BCUT2D eigenvalue weighted by Gasteiger charge is 2.25. The third-order valence-corrected chi connectivity index (χ3v) is 2.77. The zero-order valence-electron chi connectivity index (χ0n) is 9.02. The molecule has 0 aliphatic carbocycles. The van der Waals surface area contributed by atoms with Gasteiger partial charge in [0.2, 0.25) is 0 Å². The second-order valence-corrected chi connectivity index (χ2v) is 5.07. The summed E-state index contributed by atoms with van der Waals surface area (Å²) >= 11 is 0. The predicted octanol–water partition coefficient (Wildman–Crippen LogP) is 1.99. The molecule has 76 valence electrons. The molecule has 0 aromatic carbocycles. The normalized spacial score (nSPS) is 20.2. The van der Waals surface area contributed by atoms with Crippen LogP contribution in [0.15, 0.2) is 0 Å². The quantitative estimate of drug-likeness (QED) is 0.709. The summed E-state index contributed by atoms with van der Waals surface area (Å²) in [5, 5.41) is 3.32. The number of hydrogen-bond acceptors (Lipinski definition) is 2. The van der Waals surface area contributed by atoms with Gasteiger partial charge in [-0.25, -0.2) is 0 Å². The average molecular weight is 183 g/mol. The van der Waals surface area contributed by atoms with Crippen LogP contribution in [0.5, 0.6) is 0 Å². The fourth-order valence-electron chi connectivity index (χ4n) is 1.65. The Morgan fingerprint density at radius 2 is 1.85 bits per heavy atom. The van der Waals surface area contributed by atoms with Crippen LogP contribution >= 0.6 is 0 Å². The Balaban J connectivity index is 2.35. The molecule has 1 fully saturated rings. The largest absolute Gasteiger partial charge is 0.317 e. The molecule has 0 amide bonds. The van der Waals surface area contributed by atoms with E-state index in [4.69, 9.17) is 0 Å². The van der Waals surface area contributed by atoms with Crippen LogP contribution in [0.2, 0.25) is 0 Å². The van der Waals surface area contributed by atoms with E-state index in [1.165, 1.54) is 12.8 Å². The maximum Gasteiger partial charge on any atom is 0.138 e. The molecule has 1 N–H and O–H groups in total. The van der Waals surface area contributed by atoms with Crippen LogP contribution in [0.4, 0.5) is 0 Å². The van der Waals surface area contributed by atoms with Crippen molar-refractivity contribution in [3.63, 3.8) is 0 Å². The number of carbonyl (C=O) groups is 1. The van der Waals surface area contributed by atoms with Crippen LogP contribution in [-0.2, 0) is 4.79 Å². The van der Waals surface area contributed by atoms with Gasteiger partial charge in [0.25, 0.3) is 0 Å². The van der Waals surface area contributed by atoms with E-state index in [1.807, 2.05) is 20.8 Å². The number of Topliss-reactive ketones (excluding diaryl/α,β-unsaturated/α-hetero) is 1. The minimum Gasteiger partial charge on any atom is -0.317 e. The van der Waals surface area contributed by atoms with Crippen molar-refractivity contribution in [3.05, 3.63) is 0 Å². The topological polar surface area (TPSA) is 29.1 Å². The van der Waals surface area contributed by atoms with Crippen LogP contribution in [0.1, 0.15) is 40.0 Å². The maximum atomic E-state index is 11.7. The predicted molar refractivity (Wildman–Crippen MR) is 54.7 cm³/mol. The Hall–Kier alpha value is -0.370. The molecule has 2 nitrogen and oxygen atoms in total. The van der Waals surface area contributed by atoms with Gasteiger partial charge in [0, 0.05) is 11.8 Å². The molecule has 0 aromatic heterocycles. The molecular formula is C11H21NO. The molecule has 1 aliphatic rings. The fraction of sp³-hybridized carbons (Fsp3) is 0.909. The smallest absolute Gasteiger partial charge is 0.138 e. The van der Waals surface area contributed by atoms with Gasteiger partial charge in [-0.2, -0.15) is 0 Å². The van der Waals surface area contributed by atoms with Gasteiger partial charge in [-0.3, -0.25) is 4.79 Å². The lowest BCUT2D eigenvalue weighted by atomic mass is 9.82. The average Bonchev–Trinajstić information content (AvgIpc) is 2.04. The molecule has 1 aliphatic heterocycles. The molecule has 0 saturated carbocycles. The molecular weight excluding hydrogens is 162 g/mol. The maximum absolute atomic E-state index is 11.7. The van der Waals surface area contributed by atoms with Crippen molar-refractivity contribution in [3.8, 4) is 0 Å². The summed E-state index contributed by atoms with van der Waals surface area (Å²) in [5.74, 6) is 1.05. The number of piperidine rings is 1. The monoisotopic (exact) mass is 183 g/mol. The molecule has 0 aromatic rings. The number of ketones is 1. The lowest BCUT2D eigenvalue weighted by Gasteiger charge is -2.25. The van der Waals surface area contributed by atoms with Gasteiger partial charge in [-0.15, -0.1) is 0 Å². The fourth-order valence-corrected chi connectivity index (χ4v) is 1.65. The van der Waals surface area contributed by atoms with E-state index < -0.39 is 0 Å². The van der Waals surface area contributed by atoms with Crippen LogP contribution < -0.4 is 5.32 Å². The Morgan fingerprint density at radius 1 is 1.31 bits per heavy atom. The van der Waals surface area contributed by atoms with E-state index >= 15 is 0 Å². The minimum absolute atomic E-state index is 0.148. The molecule has 13 heavy (non-hydrogen) atoms. The Labute approximate surface area is 81.1 Å². The lowest BCUT2D eigenvalue weighted by molar-refractivity contribution is -0.127. The second-order valence-electron chi connectivity index (χ2n) is 5.07. The first kappa shape index (κ1) is 10.7. The summed E-state index contributed by atoms with van der Waals surface area (Å²) < 4.78 is 0. The molecule has 1 saturated heterocycles.